The minimum Gasteiger partial charge on any atom is -0.494 e. The Labute approximate surface area is 171 Å². The van der Waals surface area contributed by atoms with Crippen molar-refractivity contribution in [3.63, 3.8) is 0 Å². The quantitative estimate of drug-likeness (QED) is 0.470. The third kappa shape index (κ3) is 4.78. The molecule has 0 aliphatic heterocycles. The van der Waals surface area contributed by atoms with Gasteiger partial charge in [0, 0.05) is 11.6 Å². The molecule has 0 fully saturated rings. The predicted octanol–water partition coefficient (Wildman–Crippen LogP) is 3.57. The first-order valence-electron chi connectivity index (χ1n) is 9.03. The number of amides is 1. The minimum atomic E-state index is -0.632. The number of hydrogen-bond donors (Lipinski definition) is 1. The van der Waals surface area contributed by atoms with Crippen molar-refractivity contribution in [1.29, 1.82) is 0 Å². The number of allylic oxidation sites excluding steroid dienone is 1. The lowest BCUT2D eigenvalue weighted by Gasteiger charge is -2.10. The van der Waals surface area contributed by atoms with E-state index >= 15 is 0 Å². The van der Waals surface area contributed by atoms with Crippen LogP contribution in [-0.2, 0) is 4.79 Å². The molecule has 2 heterocycles. The maximum atomic E-state index is 12.2. The van der Waals surface area contributed by atoms with Crippen LogP contribution in [0.3, 0.4) is 0 Å². The monoisotopic (exact) mass is 412 g/mol. The summed E-state index contributed by atoms with van der Waals surface area (Å²) in [4.78, 5) is 41.3. The Morgan fingerprint density at radius 2 is 2.00 bits per heavy atom. The third-order valence-corrected chi connectivity index (χ3v) is 5.12. The van der Waals surface area contributed by atoms with Crippen molar-refractivity contribution in [2.45, 2.75) is 26.8 Å². The van der Waals surface area contributed by atoms with Crippen molar-refractivity contribution in [2.75, 3.05) is 6.61 Å². The summed E-state index contributed by atoms with van der Waals surface area (Å²) in [6.45, 7) is 5.88. The van der Waals surface area contributed by atoms with Crippen LogP contribution in [-0.4, -0.2) is 23.3 Å². The van der Waals surface area contributed by atoms with Crippen LogP contribution in [0.2, 0.25) is 0 Å². The van der Waals surface area contributed by atoms with Crippen LogP contribution in [0, 0.1) is 6.92 Å². The first kappa shape index (κ1) is 20.5. The van der Waals surface area contributed by atoms with Gasteiger partial charge in [0.15, 0.2) is 5.78 Å². The molecule has 0 bridgehead atoms. The Balaban J connectivity index is 1.65. The number of hydrogen-bond acceptors (Lipinski definition) is 7. The lowest BCUT2D eigenvalue weighted by molar-refractivity contribution is -0.117. The number of aryl methyl sites for hydroxylation is 1. The molecule has 1 aromatic carbocycles. The van der Waals surface area contributed by atoms with Crippen molar-refractivity contribution in [1.82, 2.24) is 10.3 Å². The molecule has 3 rings (SSSR count). The van der Waals surface area contributed by atoms with Gasteiger partial charge in [-0.2, -0.15) is 0 Å². The van der Waals surface area contributed by atoms with E-state index < -0.39 is 17.6 Å². The van der Waals surface area contributed by atoms with Gasteiger partial charge in [-0.1, -0.05) is 0 Å². The fourth-order valence-electron chi connectivity index (χ4n) is 2.67. The van der Waals surface area contributed by atoms with Crippen molar-refractivity contribution in [2.24, 2.45) is 0 Å². The average Bonchev–Trinajstić information content (AvgIpc) is 3.08. The highest BCUT2D eigenvalue weighted by Crippen LogP contribution is 2.22. The molecule has 1 atom stereocenters. The van der Waals surface area contributed by atoms with Crippen LogP contribution >= 0.6 is 11.3 Å². The van der Waals surface area contributed by atoms with Crippen LogP contribution in [0.25, 0.3) is 10.2 Å². The summed E-state index contributed by atoms with van der Waals surface area (Å²) in [5.74, 6) is -0.0184. The van der Waals surface area contributed by atoms with E-state index in [9.17, 15) is 14.4 Å². The lowest BCUT2D eigenvalue weighted by atomic mass is 10.1. The number of ether oxygens (including phenoxy) is 1. The molecule has 8 heteroatoms. The van der Waals surface area contributed by atoms with E-state index in [4.69, 9.17) is 9.15 Å². The molecule has 0 unspecified atom stereocenters. The van der Waals surface area contributed by atoms with Crippen LogP contribution < -0.4 is 15.7 Å². The van der Waals surface area contributed by atoms with Gasteiger partial charge in [-0.05, 0) is 62.1 Å². The summed E-state index contributed by atoms with van der Waals surface area (Å²) in [5, 5.41) is 4.93. The van der Waals surface area contributed by atoms with Crippen molar-refractivity contribution < 1.29 is 18.7 Å². The SMILES string of the molecule is CCOc1ccc(C(=O)/C=C/C(=O)N[C@@H](C)c2nc3scc(C)c3c(=O)o2)cc1. The van der Waals surface area contributed by atoms with Gasteiger partial charge in [-0.3, -0.25) is 9.59 Å². The van der Waals surface area contributed by atoms with E-state index in [1.54, 1.807) is 31.2 Å². The molecule has 150 valence electrons. The van der Waals surface area contributed by atoms with Gasteiger partial charge in [-0.15, -0.1) is 11.3 Å². The van der Waals surface area contributed by atoms with Gasteiger partial charge >= 0.3 is 5.63 Å². The lowest BCUT2D eigenvalue weighted by Crippen LogP contribution is -2.26. The Hall–Kier alpha value is -3.26. The van der Waals surface area contributed by atoms with Crippen molar-refractivity contribution >= 4 is 33.2 Å². The van der Waals surface area contributed by atoms with Crippen molar-refractivity contribution in [3.8, 4) is 5.75 Å². The van der Waals surface area contributed by atoms with E-state index in [1.165, 1.54) is 17.4 Å². The molecule has 1 amide bonds. The summed E-state index contributed by atoms with van der Waals surface area (Å²) in [5.41, 5.74) is 0.771. The van der Waals surface area contributed by atoms with Crippen LogP contribution in [0.1, 0.15) is 41.7 Å². The summed E-state index contributed by atoms with van der Waals surface area (Å²) >= 11 is 1.34. The molecule has 0 saturated carbocycles. The highest BCUT2D eigenvalue weighted by molar-refractivity contribution is 7.16. The van der Waals surface area contributed by atoms with Gasteiger partial charge < -0.3 is 14.5 Å². The van der Waals surface area contributed by atoms with Gasteiger partial charge in [0.1, 0.15) is 16.6 Å². The summed E-state index contributed by atoms with van der Waals surface area (Å²) in [6.07, 6.45) is 2.33. The molecule has 0 aliphatic carbocycles. The Morgan fingerprint density at radius 1 is 1.28 bits per heavy atom. The molecule has 0 aliphatic rings. The molecule has 0 spiro atoms. The standard InChI is InChI=1S/C21H20N2O5S/c1-4-27-15-7-5-14(6-8-15)16(24)9-10-17(25)22-13(3)19-23-20-18(21(26)28-19)12(2)11-29-20/h5-11,13H,4H2,1-3H3,(H,22,25)/b10-9+/t13-/m0/s1. The van der Waals surface area contributed by atoms with E-state index in [0.717, 1.165) is 11.6 Å². The molecule has 7 nitrogen and oxygen atoms in total. The molecule has 0 radical (unpaired) electrons. The fraction of sp³-hybridized carbons (Fsp3) is 0.238. The van der Waals surface area contributed by atoms with Crippen molar-refractivity contribution in [3.05, 3.63) is 69.2 Å². The number of rotatable bonds is 7. The second-order valence-corrected chi connectivity index (χ2v) is 7.18. The number of benzene rings is 1. The Bertz CT molecular complexity index is 1130. The zero-order valence-electron chi connectivity index (χ0n) is 16.2. The van der Waals surface area contributed by atoms with E-state index in [2.05, 4.69) is 10.3 Å². The van der Waals surface area contributed by atoms with Gasteiger partial charge in [0.05, 0.1) is 12.0 Å². The van der Waals surface area contributed by atoms with Gasteiger partial charge in [0.2, 0.25) is 11.8 Å². The highest BCUT2D eigenvalue weighted by atomic mass is 32.1. The number of carbonyl (C=O) groups is 2. The summed E-state index contributed by atoms with van der Waals surface area (Å²) in [6, 6.07) is 6.03. The molecule has 0 saturated heterocycles. The average molecular weight is 412 g/mol. The zero-order chi connectivity index (χ0) is 21.0. The van der Waals surface area contributed by atoms with E-state index in [0.29, 0.717) is 28.1 Å². The minimum absolute atomic E-state index is 0.115. The van der Waals surface area contributed by atoms with Crippen LogP contribution in [0.5, 0.6) is 5.75 Å². The van der Waals surface area contributed by atoms with Gasteiger partial charge in [-0.25, -0.2) is 9.78 Å². The fourth-order valence-corrected chi connectivity index (χ4v) is 3.58. The van der Waals surface area contributed by atoms with E-state index in [-0.39, 0.29) is 11.7 Å². The maximum absolute atomic E-state index is 12.2. The molecule has 3 aromatic rings. The Morgan fingerprint density at radius 3 is 2.69 bits per heavy atom. The van der Waals surface area contributed by atoms with Crippen LogP contribution in [0.15, 0.2) is 51.0 Å². The normalized spacial score (nSPS) is 12.2. The predicted molar refractivity (Wildman–Crippen MR) is 111 cm³/mol. The topological polar surface area (TPSA) is 98.5 Å². The highest BCUT2D eigenvalue weighted by Gasteiger charge is 2.17. The molecular formula is C21H20N2O5S. The summed E-state index contributed by atoms with van der Waals surface area (Å²) < 4.78 is 10.6. The van der Waals surface area contributed by atoms with E-state index in [1.807, 2.05) is 19.2 Å². The number of fused-ring (bicyclic) bond motifs is 1. The van der Waals surface area contributed by atoms with Gasteiger partial charge in [0.25, 0.3) is 0 Å². The van der Waals surface area contributed by atoms with Crippen LogP contribution in [0.4, 0.5) is 0 Å². The number of nitrogens with zero attached hydrogens (tertiary/aromatic N) is 1. The molecule has 1 N–H and O–H groups in total. The molecule has 2 aromatic heterocycles. The second kappa shape index (κ2) is 8.83. The smallest absolute Gasteiger partial charge is 0.348 e. The first-order valence-corrected chi connectivity index (χ1v) is 9.91. The molecule has 29 heavy (non-hydrogen) atoms. The Kier molecular flexibility index (Phi) is 6.23. The number of carbonyl (C=O) groups excluding carboxylic acids is 2. The summed E-state index contributed by atoms with van der Waals surface area (Å²) in [7, 11) is 0. The zero-order valence-corrected chi connectivity index (χ0v) is 17.0. The number of aromatic nitrogens is 1. The molecular weight excluding hydrogens is 392 g/mol. The number of thiophene rings is 1. The third-order valence-electron chi connectivity index (χ3n) is 4.13. The first-order chi connectivity index (χ1) is 13.9. The second-order valence-electron chi connectivity index (χ2n) is 6.32. The maximum Gasteiger partial charge on any atom is 0.348 e. The number of ketones is 1. The number of nitrogens with one attached hydrogen (secondary N) is 1. The largest absolute Gasteiger partial charge is 0.494 e.